The van der Waals surface area contributed by atoms with Crippen molar-refractivity contribution in [3.8, 4) is 0 Å². The van der Waals surface area contributed by atoms with Gasteiger partial charge in [0.1, 0.15) is 12.4 Å². The zero-order valence-corrected chi connectivity index (χ0v) is 19.7. The number of aromatic nitrogens is 3. The van der Waals surface area contributed by atoms with Gasteiger partial charge in [-0.3, -0.25) is 0 Å². The predicted molar refractivity (Wildman–Crippen MR) is 123 cm³/mol. The fourth-order valence-electron chi connectivity index (χ4n) is 3.26. The smallest absolute Gasteiger partial charge is 0.191 e. The van der Waals surface area contributed by atoms with Crippen LogP contribution in [0.25, 0.3) is 0 Å². The standard InChI is InChI=1S/C20H30N6O2.HI/c1-4-21-20(22-11-15-5-7-16(8-6-15)13-27-2)23-17-9-10-19-24-18(14-28-3)25-26(19)12-17;/h5-8,17H,4,9-14H2,1-3H3,(H2,21,22,23);1H. The van der Waals surface area contributed by atoms with E-state index in [0.717, 1.165) is 43.5 Å². The van der Waals surface area contributed by atoms with E-state index in [1.807, 2.05) is 4.68 Å². The Balaban J connectivity index is 0.00000300. The van der Waals surface area contributed by atoms with Gasteiger partial charge in [0.05, 0.1) is 19.7 Å². The normalized spacial score (nSPS) is 16.1. The lowest BCUT2D eigenvalue weighted by molar-refractivity contribution is 0.177. The number of halogens is 1. The second-order valence-corrected chi connectivity index (χ2v) is 6.88. The van der Waals surface area contributed by atoms with Crippen LogP contribution >= 0.6 is 24.0 Å². The van der Waals surface area contributed by atoms with Crippen LogP contribution in [-0.4, -0.2) is 47.5 Å². The molecule has 1 aromatic carbocycles. The summed E-state index contributed by atoms with van der Waals surface area (Å²) in [7, 11) is 3.37. The van der Waals surface area contributed by atoms with Crippen molar-refractivity contribution in [2.75, 3.05) is 20.8 Å². The molecule has 0 saturated heterocycles. The molecule has 0 bridgehead atoms. The summed E-state index contributed by atoms with van der Waals surface area (Å²) in [5, 5.41) is 11.4. The third kappa shape index (κ3) is 6.93. The molecule has 3 rings (SSSR count). The van der Waals surface area contributed by atoms with Crippen molar-refractivity contribution in [3.05, 3.63) is 47.0 Å². The fraction of sp³-hybridized carbons (Fsp3) is 0.550. The zero-order valence-electron chi connectivity index (χ0n) is 17.4. The molecule has 0 amide bonds. The highest BCUT2D eigenvalue weighted by Gasteiger charge is 2.22. The molecule has 9 heteroatoms. The number of nitrogens with zero attached hydrogens (tertiary/aromatic N) is 4. The third-order valence-corrected chi connectivity index (χ3v) is 4.61. The molecular formula is C20H31IN6O2. The maximum Gasteiger partial charge on any atom is 0.191 e. The topological polar surface area (TPSA) is 85.6 Å². The molecule has 1 aliphatic rings. The molecule has 8 nitrogen and oxygen atoms in total. The number of ether oxygens (including phenoxy) is 2. The summed E-state index contributed by atoms with van der Waals surface area (Å²) in [6.45, 7) is 5.38. The van der Waals surface area contributed by atoms with E-state index in [0.29, 0.717) is 19.8 Å². The van der Waals surface area contributed by atoms with E-state index in [4.69, 9.17) is 14.5 Å². The minimum Gasteiger partial charge on any atom is -0.380 e. The van der Waals surface area contributed by atoms with Crippen LogP contribution in [0.1, 0.15) is 36.1 Å². The van der Waals surface area contributed by atoms with Gasteiger partial charge in [-0.05, 0) is 24.5 Å². The molecule has 2 heterocycles. The third-order valence-electron chi connectivity index (χ3n) is 4.61. The minimum atomic E-state index is 0. The van der Waals surface area contributed by atoms with Crippen LogP contribution in [0.3, 0.4) is 0 Å². The molecule has 1 aromatic heterocycles. The number of methoxy groups -OCH3 is 2. The van der Waals surface area contributed by atoms with Crippen molar-refractivity contribution in [1.82, 2.24) is 25.4 Å². The summed E-state index contributed by atoms with van der Waals surface area (Å²) in [6.07, 6.45) is 1.90. The summed E-state index contributed by atoms with van der Waals surface area (Å²) in [5.41, 5.74) is 2.34. The molecule has 1 aliphatic heterocycles. The number of fused-ring (bicyclic) bond motifs is 1. The summed E-state index contributed by atoms with van der Waals surface area (Å²) >= 11 is 0. The minimum absolute atomic E-state index is 0. The van der Waals surface area contributed by atoms with Gasteiger partial charge in [-0.2, -0.15) is 5.10 Å². The lowest BCUT2D eigenvalue weighted by atomic mass is 10.1. The first-order valence-corrected chi connectivity index (χ1v) is 9.75. The molecule has 0 radical (unpaired) electrons. The number of aliphatic imine (C=N–C) groups is 1. The Labute approximate surface area is 189 Å². The average molecular weight is 514 g/mol. The Morgan fingerprint density at radius 2 is 1.90 bits per heavy atom. The average Bonchev–Trinajstić information content (AvgIpc) is 3.10. The van der Waals surface area contributed by atoms with Crippen LogP contribution < -0.4 is 10.6 Å². The van der Waals surface area contributed by atoms with Gasteiger partial charge >= 0.3 is 0 Å². The maximum atomic E-state index is 5.16. The lowest BCUT2D eigenvalue weighted by Crippen LogP contribution is -2.47. The number of guanidine groups is 1. The van der Waals surface area contributed by atoms with Gasteiger partial charge in [0.25, 0.3) is 0 Å². The predicted octanol–water partition coefficient (Wildman–Crippen LogP) is 2.26. The summed E-state index contributed by atoms with van der Waals surface area (Å²) in [6, 6.07) is 8.63. The van der Waals surface area contributed by atoms with E-state index in [9.17, 15) is 0 Å². The number of aryl methyl sites for hydroxylation is 1. The quantitative estimate of drug-likeness (QED) is 0.320. The highest BCUT2D eigenvalue weighted by molar-refractivity contribution is 14.0. The van der Waals surface area contributed by atoms with E-state index in [-0.39, 0.29) is 30.0 Å². The van der Waals surface area contributed by atoms with Crippen molar-refractivity contribution in [1.29, 1.82) is 0 Å². The van der Waals surface area contributed by atoms with Gasteiger partial charge in [-0.15, -0.1) is 24.0 Å². The molecule has 2 aromatic rings. The van der Waals surface area contributed by atoms with Crippen LogP contribution in [0.5, 0.6) is 0 Å². The molecule has 1 unspecified atom stereocenters. The lowest BCUT2D eigenvalue weighted by Gasteiger charge is -2.25. The van der Waals surface area contributed by atoms with Crippen LogP contribution in [0.2, 0.25) is 0 Å². The van der Waals surface area contributed by atoms with E-state index in [1.165, 1.54) is 11.1 Å². The van der Waals surface area contributed by atoms with Crippen molar-refractivity contribution < 1.29 is 9.47 Å². The number of hydrogen-bond donors (Lipinski definition) is 2. The molecule has 0 fully saturated rings. The molecule has 29 heavy (non-hydrogen) atoms. The summed E-state index contributed by atoms with van der Waals surface area (Å²) in [4.78, 5) is 9.27. The number of rotatable bonds is 8. The first-order valence-electron chi connectivity index (χ1n) is 9.75. The van der Waals surface area contributed by atoms with Crippen molar-refractivity contribution in [2.45, 2.75) is 52.1 Å². The highest BCUT2D eigenvalue weighted by Crippen LogP contribution is 2.13. The molecular weight excluding hydrogens is 483 g/mol. The maximum absolute atomic E-state index is 5.16. The van der Waals surface area contributed by atoms with E-state index >= 15 is 0 Å². The largest absolute Gasteiger partial charge is 0.380 e. The van der Waals surface area contributed by atoms with Crippen LogP contribution in [0.4, 0.5) is 0 Å². The summed E-state index contributed by atoms with van der Waals surface area (Å²) in [5.74, 6) is 2.60. The first kappa shape index (κ1) is 23.6. The van der Waals surface area contributed by atoms with Crippen LogP contribution in [0, 0.1) is 0 Å². The van der Waals surface area contributed by atoms with E-state index < -0.39 is 0 Å². The van der Waals surface area contributed by atoms with Crippen LogP contribution in [0.15, 0.2) is 29.3 Å². The van der Waals surface area contributed by atoms with E-state index in [2.05, 4.69) is 51.9 Å². The van der Waals surface area contributed by atoms with E-state index in [1.54, 1.807) is 14.2 Å². The second-order valence-electron chi connectivity index (χ2n) is 6.88. The molecule has 0 spiro atoms. The first-order chi connectivity index (χ1) is 13.7. The zero-order chi connectivity index (χ0) is 19.8. The molecule has 0 aliphatic carbocycles. The molecule has 0 saturated carbocycles. The molecule has 160 valence electrons. The van der Waals surface area contributed by atoms with Gasteiger partial charge < -0.3 is 20.1 Å². The van der Waals surface area contributed by atoms with Gasteiger partial charge in [-0.25, -0.2) is 14.7 Å². The molecule has 2 N–H and O–H groups in total. The van der Waals surface area contributed by atoms with Gasteiger partial charge in [-0.1, -0.05) is 24.3 Å². The number of benzene rings is 1. The van der Waals surface area contributed by atoms with Crippen LogP contribution in [-0.2, 0) is 42.2 Å². The Morgan fingerprint density at radius 1 is 1.17 bits per heavy atom. The Kier molecular flexibility index (Phi) is 9.82. The molecule has 1 atom stereocenters. The van der Waals surface area contributed by atoms with Gasteiger partial charge in [0, 0.05) is 33.2 Å². The Bertz CT molecular complexity index is 778. The fourth-order valence-corrected chi connectivity index (χ4v) is 3.26. The van der Waals surface area contributed by atoms with Crippen molar-refractivity contribution >= 4 is 29.9 Å². The Hall–Kier alpha value is -1.72. The van der Waals surface area contributed by atoms with Gasteiger partial charge in [0.2, 0.25) is 0 Å². The van der Waals surface area contributed by atoms with Crippen molar-refractivity contribution in [3.63, 3.8) is 0 Å². The highest BCUT2D eigenvalue weighted by atomic mass is 127. The monoisotopic (exact) mass is 514 g/mol. The van der Waals surface area contributed by atoms with Crippen molar-refractivity contribution in [2.24, 2.45) is 4.99 Å². The Morgan fingerprint density at radius 3 is 2.59 bits per heavy atom. The summed E-state index contributed by atoms with van der Waals surface area (Å²) < 4.78 is 12.3. The number of nitrogens with one attached hydrogen (secondary N) is 2. The van der Waals surface area contributed by atoms with Gasteiger partial charge in [0.15, 0.2) is 11.8 Å². The number of hydrogen-bond acceptors (Lipinski definition) is 5. The SMILES string of the molecule is CCNC(=NCc1ccc(COC)cc1)NC1CCc2nc(COC)nn2C1.I. The second kappa shape index (κ2) is 12.1.